The summed E-state index contributed by atoms with van der Waals surface area (Å²) in [5.41, 5.74) is 11.6. The molecule has 1 fully saturated rings. The Hall–Kier alpha value is -3.57. The maximum absolute atomic E-state index is 13.0. The molecule has 0 spiro atoms. The van der Waals surface area contributed by atoms with Gasteiger partial charge in [0.15, 0.2) is 11.9 Å². The molecule has 2 amide bonds. The summed E-state index contributed by atoms with van der Waals surface area (Å²) < 4.78 is 5.60. The van der Waals surface area contributed by atoms with Crippen LogP contribution < -0.4 is 26.1 Å². The first kappa shape index (κ1) is 26.1. The van der Waals surface area contributed by atoms with E-state index in [9.17, 15) is 9.59 Å². The van der Waals surface area contributed by atoms with Crippen molar-refractivity contribution < 1.29 is 14.3 Å². The van der Waals surface area contributed by atoms with Crippen molar-refractivity contribution in [1.29, 1.82) is 0 Å². The summed E-state index contributed by atoms with van der Waals surface area (Å²) in [5.74, 6) is 0.216. The standard InChI is InChI=1S/C26H27Cl2N7O3/c1-38-22-13-16(26(37)33-10-7-30-8-11-33)5-6-21(22)32-35-15-17(14-18-19(27)3-2-4-20(18)28)34-12-9-31-25(34)23(35)24(29)36/h2-6,9,12-13,15,23,30,32H,7-8,10-11,14H2,1H3,(H2,29,36)/q+1. The minimum atomic E-state index is -0.915. The third-order valence-corrected chi connectivity index (χ3v) is 7.29. The molecule has 0 aromatic heterocycles. The Balaban J connectivity index is 1.47. The number of piperazine rings is 1. The molecule has 3 aliphatic heterocycles. The summed E-state index contributed by atoms with van der Waals surface area (Å²) in [4.78, 5) is 33.6. The number of aliphatic imine (C=N–C) groups is 1. The van der Waals surface area contributed by atoms with Crippen LogP contribution in [0.2, 0.25) is 10.0 Å². The Bertz CT molecular complexity index is 1330. The average Bonchev–Trinajstić information content (AvgIpc) is 3.40. The van der Waals surface area contributed by atoms with Gasteiger partial charge in [-0.2, -0.15) is 4.99 Å². The van der Waals surface area contributed by atoms with Crippen molar-refractivity contribution in [2.75, 3.05) is 38.7 Å². The van der Waals surface area contributed by atoms with Crippen molar-refractivity contribution in [3.8, 4) is 5.75 Å². The number of hydrazine groups is 1. The van der Waals surface area contributed by atoms with Crippen LogP contribution >= 0.6 is 23.2 Å². The van der Waals surface area contributed by atoms with E-state index in [4.69, 9.17) is 33.7 Å². The number of ether oxygens (including phenoxy) is 1. The van der Waals surface area contributed by atoms with Gasteiger partial charge in [0.25, 0.3) is 17.6 Å². The lowest BCUT2D eigenvalue weighted by atomic mass is 10.1. The number of amidine groups is 1. The summed E-state index contributed by atoms with van der Waals surface area (Å²) >= 11 is 12.9. The summed E-state index contributed by atoms with van der Waals surface area (Å²) in [7, 11) is 1.52. The molecule has 4 N–H and O–H groups in total. The number of carbonyl (C=O) groups is 2. The minimum absolute atomic E-state index is 0.0647. The molecule has 1 unspecified atom stereocenters. The lowest BCUT2D eigenvalue weighted by Crippen LogP contribution is -2.58. The van der Waals surface area contributed by atoms with E-state index in [-0.39, 0.29) is 5.91 Å². The van der Waals surface area contributed by atoms with E-state index in [1.807, 2.05) is 0 Å². The second kappa shape index (κ2) is 11.0. The van der Waals surface area contributed by atoms with Crippen molar-refractivity contribution in [2.24, 2.45) is 10.7 Å². The predicted molar refractivity (Wildman–Crippen MR) is 147 cm³/mol. The van der Waals surface area contributed by atoms with Crippen molar-refractivity contribution in [3.05, 3.63) is 81.9 Å². The van der Waals surface area contributed by atoms with Crippen LogP contribution in [-0.4, -0.2) is 66.9 Å². The summed E-state index contributed by atoms with van der Waals surface area (Å²) in [6.07, 6.45) is 5.51. The van der Waals surface area contributed by atoms with Gasteiger partial charge in [-0.3, -0.25) is 20.0 Å². The number of nitrogens with zero attached hydrogens (tertiary/aromatic N) is 4. The third-order valence-electron chi connectivity index (χ3n) is 6.58. The van der Waals surface area contributed by atoms with E-state index < -0.39 is 11.9 Å². The molecule has 0 aliphatic carbocycles. The highest BCUT2D eigenvalue weighted by atomic mass is 35.5. The fourth-order valence-corrected chi connectivity index (χ4v) is 5.19. The molecule has 3 aliphatic rings. The number of amides is 2. The number of methoxy groups -OCH3 is 1. The second-order valence-electron chi connectivity index (χ2n) is 8.93. The van der Waals surface area contributed by atoms with Gasteiger partial charge in [-0.05, 0) is 35.9 Å². The molecule has 3 heterocycles. The largest absolute Gasteiger partial charge is 0.494 e. The highest BCUT2D eigenvalue weighted by molar-refractivity contribution is 6.36. The van der Waals surface area contributed by atoms with Gasteiger partial charge >= 0.3 is 0 Å². The zero-order chi connectivity index (χ0) is 26.8. The molecule has 2 aromatic carbocycles. The molecule has 1 atom stereocenters. The Morgan fingerprint density at radius 1 is 1.21 bits per heavy atom. The smallest absolute Gasteiger partial charge is 0.297 e. The zero-order valence-corrected chi connectivity index (χ0v) is 22.2. The van der Waals surface area contributed by atoms with Crippen LogP contribution in [-0.2, 0) is 11.2 Å². The molecule has 38 heavy (non-hydrogen) atoms. The molecular formula is C26H27Cl2N7O3+. The van der Waals surface area contributed by atoms with Gasteiger partial charge in [-0.15, -0.1) is 0 Å². The van der Waals surface area contributed by atoms with Crippen LogP contribution in [0, 0.1) is 0 Å². The molecule has 12 heteroatoms. The number of rotatable bonds is 7. The van der Waals surface area contributed by atoms with E-state index >= 15 is 0 Å². The molecule has 1 saturated heterocycles. The number of nitrogens with one attached hydrogen (secondary N) is 2. The lowest BCUT2D eigenvalue weighted by molar-refractivity contribution is -0.120. The van der Waals surface area contributed by atoms with Crippen molar-refractivity contribution in [2.45, 2.75) is 12.5 Å². The first-order chi connectivity index (χ1) is 18.4. The first-order valence-corrected chi connectivity index (χ1v) is 12.8. The molecular weight excluding hydrogens is 529 g/mol. The van der Waals surface area contributed by atoms with Gasteiger partial charge in [0.05, 0.1) is 31.6 Å². The van der Waals surface area contributed by atoms with Crippen molar-refractivity contribution in [1.82, 2.24) is 20.1 Å². The van der Waals surface area contributed by atoms with E-state index in [2.05, 4.69) is 15.7 Å². The molecule has 0 bridgehead atoms. The van der Waals surface area contributed by atoms with Gasteiger partial charge in [-0.1, -0.05) is 34.2 Å². The predicted octanol–water partition coefficient (Wildman–Crippen LogP) is 2.65. The highest BCUT2D eigenvalue weighted by Crippen LogP contribution is 2.33. The van der Waals surface area contributed by atoms with E-state index in [1.165, 1.54) is 7.11 Å². The lowest BCUT2D eigenvalue weighted by Gasteiger charge is -2.33. The first-order valence-electron chi connectivity index (χ1n) is 12.1. The maximum Gasteiger partial charge on any atom is 0.297 e. The molecule has 0 saturated carbocycles. The number of halogens is 2. The Labute approximate surface area is 230 Å². The van der Waals surface area contributed by atoms with Crippen LogP contribution in [0.3, 0.4) is 0 Å². The van der Waals surface area contributed by atoms with Crippen LogP contribution in [0.5, 0.6) is 5.75 Å². The van der Waals surface area contributed by atoms with Gasteiger partial charge in [0.1, 0.15) is 5.75 Å². The second-order valence-corrected chi connectivity index (χ2v) is 9.75. The Morgan fingerprint density at radius 2 is 1.95 bits per heavy atom. The van der Waals surface area contributed by atoms with Crippen LogP contribution in [0.15, 0.2) is 65.7 Å². The Morgan fingerprint density at radius 3 is 2.63 bits per heavy atom. The third kappa shape index (κ3) is 5.08. The Kier molecular flexibility index (Phi) is 7.57. The fourth-order valence-electron chi connectivity index (χ4n) is 4.66. The topological polar surface area (TPSA) is 118 Å². The van der Waals surface area contributed by atoms with E-state index in [1.54, 1.807) is 69.8 Å². The van der Waals surface area contributed by atoms with Gasteiger partial charge < -0.3 is 20.7 Å². The fraction of sp³-hybridized carbons (Fsp3) is 0.269. The number of fused-ring (bicyclic) bond motifs is 1. The summed E-state index contributed by atoms with van der Waals surface area (Å²) in [5, 5.41) is 5.89. The summed E-state index contributed by atoms with van der Waals surface area (Å²) in [6, 6.07) is 9.58. The van der Waals surface area contributed by atoms with Gasteiger partial charge in [0, 0.05) is 41.8 Å². The van der Waals surface area contributed by atoms with Crippen molar-refractivity contribution >= 4 is 46.5 Å². The normalized spacial score (nSPS) is 19.1. The number of nitrogens with two attached hydrogens (primary N) is 1. The van der Waals surface area contributed by atoms with Crippen LogP contribution in [0.25, 0.3) is 0 Å². The average molecular weight is 556 g/mol. The van der Waals surface area contributed by atoms with E-state index in [0.29, 0.717) is 52.4 Å². The highest BCUT2D eigenvalue weighted by Gasteiger charge is 2.47. The molecule has 1 radical (unpaired) electrons. The monoisotopic (exact) mass is 555 g/mol. The number of allylic oxidation sites excluding steroid dienone is 1. The van der Waals surface area contributed by atoms with Crippen LogP contribution in [0.4, 0.5) is 5.69 Å². The zero-order valence-electron chi connectivity index (χ0n) is 20.7. The van der Waals surface area contributed by atoms with E-state index in [0.717, 1.165) is 24.4 Å². The number of hydrogen-bond donors (Lipinski definition) is 3. The van der Waals surface area contributed by atoms with Gasteiger partial charge in [-0.25, -0.2) is 0 Å². The minimum Gasteiger partial charge on any atom is -0.494 e. The quantitative estimate of drug-likeness (QED) is 0.452. The molecule has 2 aromatic rings. The molecule has 5 rings (SSSR count). The number of carbonyl (C=O) groups excluding carboxylic acids is 2. The van der Waals surface area contributed by atoms with Gasteiger partial charge in [0.2, 0.25) is 6.04 Å². The number of hydrogen-bond acceptors (Lipinski definition) is 8. The number of primary amides is 1. The van der Waals surface area contributed by atoms with Crippen LogP contribution in [0.1, 0.15) is 15.9 Å². The number of anilines is 1. The maximum atomic E-state index is 13.0. The number of benzene rings is 2. The van der Waals surface area contributed by atoms with Crippen molar-refractivity contribution in [3.63, 3.8) is 0 Å². The summed E-state index contributed by atoms with van der Waals surface area (Å²) in [6.45, 7) is 2.81. The molecule has 197 valence electrons. The SMILES string of the molecule is COc1cc(C(=O)N2CCNCC2)ccc1NN1C=C(Cc2c(Cl)cccc2Cl)[N+]2C=CN=C2C1C(N)=O. The molecule has 10 nitrogen and oxygen atoms in total.